The Morgan fingerprint density at radius 1 is 1.19 bits per heavy atom. The molecule has 2 aromatic rings. The van der Waals surface area contributed by atoms with Gasteiger partial charge in [0, 0.05) is 23.2 Å². The molecule has 1 heterocycles. The Bertz CT molecular complexity index is 608. The number of benzene rings is 1. The minimum absolute atomic E-state index is 0.377. The van der Waals surface area contributed by atoms with E-state index in [0.29, 0.717) is 35.0 Å². The molecule has 1 aromatic carbocycles. The van der Waals surface area contributed by atoms with E-state index >= 15 is 0 Å². The van der Waals surface area contributed by atoms with Crippen molar-refractivity contribution in [2.24, 2.45) is 0 Å². The second-order valence-electron chi connectivity index (χ2n) is 4.99. The third-order valence-electron chi connectivity index (χ3n) is 3.03. The first kappa shape index (κ1) is 16.2. The Labute approximate surface area is 135 Å². The van der Waals surface area contributed by atoms with Crippen molar-refractivity contribution in [3.63, 3.8) is 0 Å². The van der Waals surface area contributed by atoms with Gasteiger partial charge in [0.15, 0.2) is 0 Å². The number of hydrogen-bond acceptors (Lipinski definition) is 3. The van der Waals surface area contributed by atoms with E-state index in [4.69, 9.17) is 32.4 Å². The van der Waals surface area contributed by atoms with Crippen molar-refractivity contribution in [1.82, 2.24) is 5.32 Å². The standard InChI is InChI=1S/C16H19Cl2NO2/c1-4-20-15-8-13(17)12(7-14(15)18)11-5-6-21-16(11)9-19-10(2)3/h5-8,10,19H,4,9H2,1-3H3. The fraction of sp³-hybridized carbons (Fsp3) is 0.375. The minimum atomic E-state index is 0.377. The van der Waals surface area contributed by atoms with Crippen LogP contribution >= 0.6 is 23.2 Å². The highest BCUT2D eigenvalue weighted by Crippen LogP contribution is 2.38. The monoisotopic (exact) mass is 327 g/mol. The molecule has 3 nitrogen and oxygen atoms in total. The highest BCUT2D eigenvalue weighted by atomic mass is 35.5. The molecule has 0 bridgehead atoms. The van der Waals surface area contributed by atoms with Crippen molar-refractivity contribution in [3.05, 3.63) is 40.3 Å². The normalized spacial score (nSPS) is 11.1. The fourth-order valence-corrected chi connectivity index (χ4v) is 2.49. The molecule has 0 aliphatic heterocycles. The maximum absolute atomic E-state index is 6.36. The minimum Gasteiger partial charge on any atom is -0.492 e. The van der Waals surface area contributed by atoms with Crippen molar-refractivity contribution in [2.45, 2.75) is 33.4 Å². The molecule has 0 aliphatic carbocycles. The molecule has 114 valence electrons. The first-order valence-corrected chi connectivity index (χ1v) is 7.70. The summed E-state index contributed by atoms with van der Waals surface area (Å²) in [6, 6.07) is 5.84. The van der Waals surface area contributed by atoms with E-state index in [1.807, 2.05) is 19.1 Å². The van der Waals surface area contributed by atoms with Crippen LogP contribution in [0.15, 0.2) is 28.9 Å². The van der Waals surface area contributed by atoms with Gasteiger partial charge in [0.05, 0.1) is 29.5 Å². The lowest BCUT2D eigenvalue weighted by molar-refractivity contribution is 0.340. The van der Waals surface area contributed by atoms with Crippen LogP contribution in [-0.2, 0) is 6.54 Å². The van der Waals surface area contributed by atoms with E-state index in [-0.39, 0.29) is 0 Å². The summed E-state index contributed by atoms with van der Waals surface area (Å²) in [5, 5.41) is 4.46. The molecule has 1 aromatic heterocycles. The Morgan fingerprint density at radius 3 is 2.62 bits per heavy atom. The van der Waals surface area contributed by atoms with Crippen LogP contribution in [0.1, 0.15) is 26.5 Å². The van der Waals surface area contributed by atoms with E-state index in [1.165, 1.54) is 0 Å². The second kappa shape index (κ2) is 7.21. The lowest BCUT2D eigenvalue weighted by atomic mass is 10.1. The molecule has 0 radical (unpaired) electrons. The van der Waals surface area contributed by atoms with Crippen LogP contribution < -0.4 is 10.1 Å². The van der Waals surface area contributed by atoms with E-state index in [0.717, 1.165) is 16.9 Å². The lowest BCUT2D eigenvalue weighted by Crippen LogP contribution is -2.21. The van der Waals surface area contributed by atoms with Gasteiger partial charge in [0.1, 0.15) is 11.5 Å². The summed E-state index contributed by atoms with van der Waals surface area (Å²) in [6.07, 6.45) is 1.66. The van der Waals surface area contributed by atoms with Gasteiger partial charge in [0.2, 0.25) is 0 Å². The van der Waals surface area contributed by atoms with Crippen LogP contribution in [0, 0.1) is 0 Å². The third-order valence-corrected chi connectivity index (χ3v) is 3.64. The molecule has 0 amide bonds. The molecule has 0 fully saturated rings. The molecule has 0 unspecified atom stereocenters. The molecule has 0 aliphatic rings. The summed E-state index contributed by atoms with van der Waals surface area (Å²) in [7, 11) is 0. The number of halogens is 2. The molecule has 21 heavy (non-hydrogen) atoms. The van der Waals surface area contributed by atoms with Crippen molar-refractivity contribution in [3.8, 4) is 16.9 Å². The first-order chi connectivity index (χ1) is 10.0. The van der Waals surface area contributed by atoms with Gasteiger partial charge in [-0.25, -0.2) is 0 Å². The summed E-state index contributed by atoms with van der Waals surface area (Å²) in [5.41, 5.74) is 1.79. The van der Waals surface area contributed by atoms with Crippen LogP contribution in [-0.4, -0.2) is 12.6 Å². The van der Waals surface area contributed by atoms with Crippen LogP contribution in [0.25, 0.3) is 11.1 Å². The average molecular weight is 328 g/mol. The molecule has 5 heteroatoms. The Kier molecular flexibility index (Phi) is 5.57. The topological polar surface area (TPSA) is 34.4 Å². The van der Waals surface area contributed by atoms with Crippen molar-refractivity contribution in [1.29, 1.82) is 0 Å². The van der Waals surface area contributed by atoms with E-state index < -0.39 is 0 Å². The molecule has 1 N–H and O–H groups in total. The average Bonchev–Trinajstić information content (AvgIpc) is 2.88. The maximum atomic E-state index is 6.36. The quantitative estimate of drug-likeness (QED) is 0.796. The number of ether oxygens (including phenoxy) is 1. The van der Waals surface area contributed by atoms with Gasteiger partial charge in [-0.3, -0.25) is 0 Å². The van der Waals surface area contributed by atoms with E-state index in [1.54, 1.807) is 12.3 Å². The smallest absolute Gasteiger partial charge is 0.139 e. The zero-order valence-corrected chi connectivity index (χ0v) is 13.9. The third kappa shape index (κ3) is 3.94. The number of furan rings is 1. The summed E-state index contributed by atoms with van der Waals surface area (Å²) >= 11 is 12.6. The Morgan fingerprint density at radius 2 is 1.95 bits per heavy atom. The van der Waals surface area contributed by atoms with E-state index in [9.17, 15) is 0 Å². The largest absolute Gasteiger partial charge is 0.492 e. The fourth-order valence-electron chi connectivity index (χ4n) is 2.02. The summed E-state index contributed by atoms with van der Waals surface area (Å²) in [4.78, 5) is 0. The van der Waals surface area contributed by atoms with Crippen molar-refractivity contribution in [2.75, 3.05) is 6.61 Å². The van der Waals surface area contributed by atoms with Gasteiger partial charge in [-0.1, -0.05) is 37.0 Å². The lowest BCUT2D eigenvalue weighted by Gasteiger charge is -2.11. The van der Waals surface area contributed by atoms with Crippen LogP contribution in [0.4, 0.5) is 0 Å². The molecule has 0 saturated heterocycles. The molecular weight excluding hydrogens is 309 g/mol. The predicted octanol–water partition coefficient (Wildman–Crippen LogP) is 5.15. The van der Waals surface area contributed by atoms with E-state index in [2.05, 4.69) is 19.2 Å². The SMILES string of the molecule is CCOc1cc(Cl)c(-c2ccoc2CNC(C)C)cc1Cl. The first-order valence-electron chi connectivity index (χ1n) is 6.94. The van der Waals surface area contributed by atoms with Crippen LogP contribution in [0.5, 0.6) is 5.75 Å². The highest BCUT2D eigenvalue weighted by Gasteiger charge is 2.15. The highest BCUT2D eigenvalue weighted by molar-refractivity contribution is 6.36. The molecule has 0 saturated carbocycles. The van der Waals surface area contributed by atoms with Gasteiger partial charge >= 0.3 is 0 Å². The predicted molar refractivity (Wildman–Crippen MR) is 87.3 cm³/mol. The molecule has 2 rings (SSSR count). The zero-order valence-electron chi connectivity index (χ0n) is 12.4. The maximum Gasteiger partial charge on any atom is 0.139 e. The Hall–Kier alpha value is -1.16. The summed E-state index contributed by atoms with van der Waals surface area (Å²) < 4.78 is 11.0. The van der Waals surface area contributed by atoms with Crippen LogP contribution in [0.3, 0.4) is 0 Å². The second-order valence-corrected chi connectivity index (χ2v) is 5.80. The summed E-state index contributed by atoms with van der Waals surface area (Å²) in [6.45, 7) is 7.27. The molecule has 0 atom stereocenters. The van der Waals surface area contributed by atoms with Gasteiger partial charge in [-0.15, -0.1) is 0 Å². The number of rotatable bonds is 6. The zero-order chi connectivity index (χ0) is 15.4. The van der Waals surface area contributed by atoms with Gasteiger partial charge in [-0.2, -0.15) is 0 Å². The van der Waals surface area contributed by atoms with Crippen molar-refractivity contribution < 1.29 is 9.15 Å². The molecule has 0 spiro atoms. The van der Waals surface area contributed by atoms with Crippen molar-refractivity contribution >= 4 is 23.2 Å². The van der Waals surface area contributed by atoms with Gasteiger partial charge in [-0.05, 0) is 19.1 Å². The van der Waals surface area contributed by atoms with Gasteiger partial charge in [0.25, 0.3) is 0 Å². The van der Waals surface area contributed by atoms with Crippen LogP contribution in [0.2, 0.25) is 10.0 Å². The van der Waals surface area contributed by atoms with Gasteiger partial charge < -0.3 is 14.5 Å². The summed E-state index contributed by atoms with van der Waals surface area (Å²) in [5.74, 6) is 1.43. The molecular formula is C16H19Cl2NO2. The Balaban J connectivity index is 2.34. The number of hydrogen-bond donors (Lipinski definition) is 1. The number of nitrogens with one attached hydrogen (secondary N) is 1.